The SMILES string of the molecule is O=C(Nc1nc2c(s1)CN(Cc1ccccc1)CC2)c1cccc(NC(=O)C2CC2)c1. The normalized spacial score (nSPS) is 15.9. The molecule has 0 spiro atoms. The zero-order valence-corrected chi connectivity index (χ0v) is 18.0. The van der Waals surface area contributed by atoms with Crippen molar-refractivity contribution in [2.75, 3.05) is 17.2 Å². The Bertz CT molecular complexity index is 1110. The predicted molar refractivity (Wildman–Crippen MR) is 122 cm³/mol. The van der Waals surface area contributed by atoms with Crippen LogP contribution in [0.15, 0.2) is 54.6 Å². The predicted octanol–water partition coefficient (Wildman–Crippen LogP) is 4.30. The highest BCUT2D eigenvalue weighted by atomic mass is 32.1. The first-order chi connectivity index (χ1) is 15.1. The Kier molecular flexibility index (Phi) is 5.53. The number of fused-ring (bicyclic) bond motifs is 1. The molecule has 1 aliphatic carbocycles. The minimum atomic E-state index is -0.213. The van der Waals surface area contributed by atoms with Crippen molar-refractivity contribution in [2.45, 2.75) is 32.4 Å². The van der Waals surface area contributed by atoms with Gasteiger partial charge in [0.05, 0.1) is 5.69 Å². The maximum Gasteiger partial charge on any atom is 0.257 e. The van der Waals surface area contributed by atoms with Gasteiger partial charge >= 0.3 is 0 Å². The van der Waals surface area contributed by atoms with Crippen molar-refractivity contribution < 1.29 is 9.59 Å². The van der Waals surface area contributed by atoms with Crippen molar-refractivity contribution in [2.24, 2.45) is 5.92 Å². The van der Waals surface area contributed by atoms with E-state index in [1.165, 1.54) is 10.4 Å². The standard InChI is InChI=1S/C24H24N4O2S/c29-22(17-9-10-17)25-19-8-4-7-18(13-19)23(30)27-24-26-20-11-12-28(15-21(20)31-24)14-16-5-2-1-3-6-16/h1-8,13,17H,9-12,14-15H2,(H,25,29)(H,26,27,30). The molecule has 5 rings (SSSR count). The topological polar surface area (TPSA) is 74.3 Å². The van der Waals surface area contributed by atoms with Gasteiger partial charge in [0.2, 0.25) is 5.91 Å². The molecular weight excluding hydrogens is 408 g/mol. The molecule has 2 heterocycles. The lowest BCUT2D eigenvalue weighted by atomic mass is 10.1. The van der Waals surface area contributed by atoms with Crippen LogP contribution in [0, 0.1) is 5.92 Å². The molecule has 7 heteroatoms. The number of hydrogen-bond acceptors (Lipinski definition) is 5. The summed E-state index contributed by atoms with van der Waals surface area (Å²) in [5.41, 5.74) is 3.54. The molecule has 0 radical (unpaired) electrons. The Balaban J connectivity index is 1.22. The smallest absolute Gasteiger partial charge is 0.257 e. The fourth-order valence-corrected chi connectivity index (χ4v) is 4.82. The third-order valence-corrected chi connectivity index (χ3v) is 6.62. The summed E-state index contributed by atoms with van der Waals surface area (Å²) in [6.45, 7) is 2.72. The number of carbonyl (C=O) groups excluding carboxylic acids is 2. The minimum absolute atomic E-state index is 0.0326. The first-order valence-electron chi connectivity index (χ1n) is 10.6. The van der Waals surface area contributed by atoms with E-state index < -0.39 is 0 Å². The lowest BCUT2D eigenvalue weighted by molar-refractivity contribution is -0.117. The van der Waals surface area contributed by atoms with Crippen molar-refractivity contribution in [1.82, 2.24) is 9.88 Å². The van der Waals surface area contributed by atoms with E-state index in [0.717, 1.165) is 44.6 Å². The second-order valence-corrected chi connectivity index (χ2v) is 9.22. The molecule has 1 saturated carbocycles. The molecule has 2 aromatic carbocycles. The van der Waals surface area contributed by atoms with Gasteiger partial charge in [-0.1, -0.05) is 36.4 Å². The van der Waals surface area contributed by atoms with Crippen LogP contribution in [0.4, 0.5) is 10.8 Å². The number of nitrogens with zero attached hydrogens (tertiary/aromatic N) is 2. The van der Waals surface area contributed by atoms with Crippen molar-refractivity contribution in [3.8, 4) is 0 Å². The van der Waals surface area contributed by atoms with Gasteiger partial charge in [0.1, 0.15) is 0 Å². The van der Waals surface area contributed by atoms with Gasteiger partial charge in [-0.2, -0.15) is 0 Å². The van der Waals surface area contributed by atoms with Gasteiger partial charge in [-0.25, -0.2) is 4.98 Å². The summed E-state index contributed by atoms with van der Waals surface area (Å²) in [5, 5.41) is 6.45. The monoisotopic (exact) mass is 432 g/mol. The van der Waals surface area contributed by atoms with Crippen LogP contribution >= 0.6 is 11.3 Å². The Morgan fingerprint density at radius 1 is 1.06 bits per heavy atom. The van der Waals surface area contributed by atoms with Gasteiger partial charge in [-0.15, -0.1) is 11.3 Å². The number of carbonyl (C=O) groups is 2. The zero-order valence-electron chi connectivity index (χ0n) is 17.1. The third kappa shape index (κ3) is 4.84. The van der Waals surface area contributed by atoms with Gasteiger partial charge in [0, 0.05) is 48.1 Å². The van der Waals surface area contributed by atoms with Gasteiger partial charge in [-0.05, 0) is 36.6 Å². The quantitative estimate of drug-likeness (QED) is 0.609. The molecule has 6 nitrogen and oxygen atoms in total. The Labute approximate surface area is 185 Å². The van der Waals surface area contributed by atoms with Gasteiger partial charge in [-0.3, -0.25) is 19.8 Å². The number of hydrogen-bond donors (Lipinski definition) is 2. The molecule has 0 bridgehead atoms. The molecule has 158 valence electrons. The number of rotatable bonds is 6. The molecular formula is C24H24N4O2S. The van der Waals surface area contributed by atoms with Crippen LogP contribution in [-0.4, -0.2) is 28.2 Å². The van der Waals surface area contributed by atoms with Crippen molar-refractivity contribution in [1.29, 1.82) is 0 Å². The average molecular weight is 433 g/mol. The van der Waals surface area contributed by atoms with Crippen molar-refractivity contribution >= 4 is 34.0 Å². The zero-order chi connectivity index (χ0) is 21.2. The highest BCUT2D eigenvalue weighted by Gasteiger charge is 2.29. The first kappa shape index (κ1) is 19.9. The van der Waals surface area contributed by atoms with E-state index in [2.05, 4.69) is 44.8 Å². The van der Waals surface area contributed by atoms with Gasteiger partial charge in [0.25, 0.3) is 5.91 Å². The maximum absolute atomic E-state index is 12.7. The molecule has 2 aliphatic rings. The first-order valence-corrected chi connectivity index (χ1v) is 11.4. The summed E-state index contributed by atoms with van der Waals surface area (Å²) in [7, 11) is 0. The Morgan fingerprint density at radius 2 is 1.90 bits per heavy atom. The molecule has 1 aliphatic heterocycles. The molecule has 0 unspecified atom stereocenters. The number of amides is 2. The van der Waals surface area contributed by atoms with Crippen LogP contribution in [0.3, 0.4) is 0 Å². The second-order valence-electron chi connectivity index (χ2n) is 8.13. The fourth-order valence-electron chi connectivity index (χ4n) is 3.78. The Morgan fingerprint density at radius 3 is 2.71 bits per heavy atom. The van der Waals surface area contributed by atoms with Crippen molar-refractivity contribution in [3.63, 3.8) is 0 Å². The van der Waals surface area contributed by atoms with Gasteiger partial charge in [0.15, 0.2) is 5.13 Å². The molecule has 0 atom stereocenters. The summed E-state index contributed by atoms with van der Waals surface area (Å²) in [5.74, 6) is -0.0550. The van der Waals surface area contributed by atoms with E-state index in [1.807, 2.05) is 6.07 Å². The molecule has 2 N–H and O–H groups in total. The molecule has 3 aromatic rings. The molecule has 0 saturated heterocycles. The number of anilines is 2. The van der Waals surface area contributed by atoms with Crippen molar-refractivity contribution in [3.05, 3.63) is 76.3 Å². The van der Waals surface area contributed by atoms with E-state index in [0.29, 0.717) is 16.4 Å². The summed E-state index contributed by atoms with van der Waals surface area (Å²) < 4.78 is 0. The number of thiazole rings is 1. The van der Waals surface area contributed by atoms with E-state index >= 15 is 0 Å². The molecule has 31 heavy (non-hydrogen) atoms. The van der Waals surface area contributed by atoms with Crippen LogP contribution < -0.4 is 10.6 Å². The Hall–Kier alpha value is -3.03. The number of aromatic nitrogens is 1. The summed E-state index contributed by atoms with van der Waals surface area (Å²) in [6, 6.07) is 17.5. The third-order valence-electron chi connectivity index (χ3n) is 5.62. The second kappa shape index (κ2) is 8.61. The molecule has 2 amide bonds. The summed E-state index contributed by atoms with van der Waals surface area (Å²) >= 11 is 1.55. The van der Waals surface area contributed by atoms with Crippen LogP contribution in [0.5, 0.6) is 0 Å². The van der Waals surface area contributed by atoms with Gasteiger partial charge < -0.3 is 5.32 Å². The van der Waals surface area contributed by atoms with Crippen LogP contribution in [0.2, 0.25) is 0 Å². The van der Waals surface area contributed by atoms with Crippen LogP contribution in [-0.2, 0) is 24.3 Å². The lowest BCUT2D eigenvalue weighted by Crippen LogP contribution is -2.29. The van der Waals surface area contributed by atoms with E-state index in [4.69, 9.17) is 0 Å². The molecule has 1 fully saturated rings. The van der Waals surface area contributed by atoms with E-state index in [9.17, 15) is 9.59 Å². The fraction of sp³-hybridized carbons (Fsp3) is 0.292. The summed E-state index contributed by atoms with van der Waals surface area (Å²) in [4.78, 5) is 33.0. The molecule has 1 aromatic heterocycles. The van der Waals surface area contributed by atoms with Crippen LogP contribution in [0.25, 0.3) is 0 Å². The summed E-state index contributed by atoms with van der Waals surface area (Å²) in [6.07, 6.45) is 2.78. The largest absolute Gasteiger partial charge is 0.326 e. The highest BCUT2D eigenvalue weighted by molar-refractivity contribution is 7.15. The average Bonchev–Trinajstić information content (AvgIpc) is 3.55. The highest BCUT2D eigenvalue weighted by Crippen LogP contribution is 2.31. The maximum atomic E-state index is 12.7. The number of benzene rings is 2. The van der Waals surface area contributed by atoms with Crippen LogP contribution in [0.1, 0.15) is 39.3 Å². The minimum Gasteiger partial charge on any atom is -0.326 e. The number of nitrogens with one attached hydrogen (secondary N) is 2. The van der Waals surface area contributed by atoms with E-state index in [1.54, 1.807) is 35.6 Å². The lowest BCUT2D eigenvalue weighted by Gasteiger charge is -2.25. The van der Waals surface area contributed by atoms with E-state index in [-0.39, 0.29) is 17.7 Å².